The van der Waals surface area contributed by atoms with Gasteiger partial charge in [-0.3, -0.25) is 5.32 Å². The number of ether oxygens (including phenoxy) is 1. The molecule has 1 rings (SSSR count). The van der Waals surface area contributed by atoms with Gasteiger partial charge in [-0.25, -0.2) is 4.79 Å². The van der Waals surface area contributed by atoms with Crippen molar-refractivity contribution in [2.75, 3.05) is 18.5 Å². The van der Waals surface area contributed by atoms with Crippen molar-refractivity contribution in [1.82, 2.24) is 0 Å². The summed E-state index contributed by atoms with van der Waals surface area (Å²) in [6.07, 6.45) is -5.39. The molecule has 0 aliphatic rings. The molecule has 0 aromatic heterocycles. The lowest BCUT2D eigenvalue weighted by Gasteiger charge is -2.12. The second-order valence-electron chi connectivity index (χ2n) is 3.51. The molecule has 0 unspecified atom stereocenters. The molecule has 0 aliphatic heterocycles. The maximum atomic E-state index is 12.6. The van der Waals surface area contributed by atoms with E-state index in [1.165, 1.54) is 19.1 Å². The molecule has 0 radical (unpaired) electrons. The van der Waals surface area contributed by atoms with Crippen LogP contribution in [0.4, 0.5) is 23.7 Å². The Morgan fingerprint density at radius 3 is 2.67 bits per heavy atom. The van der Waals surface area contributed by atoms with Crippen molar-refractivity contribution in [3.05, 3.63) is 29.3 Å². The third-order valence-corrected chi connectivity index (χ3v) is 2.11. The average Bonchev–Trinajstić information content (AvgIpc) is 2.27. The second kappa shape index (κ2) is 5.72. The molecular weight excluding hydrogens is 251 g/mol. The van der Waals surface area contributed by atoms with Gasteiger partial charge in [0.25, 0.3) is 0 Å². The first-order valence-corrected chi connectivity index (χ1v) is 5.07. The van der Waals surface area contributed by atoms with Crippen LogP contribution in [0.3, 0.4) is 0 Å². The van der Waals surface area contributed by atoms with Gasteiger partial charge in [0.1, 0.15) is 6.61 Å². The lowest BCUT2D eigenvalue weighted by Crippen LogP contribution is -2.16. The first kappa shape index (κ1) is 14.3. The minimum atomic E-state index is -4.48. The van der Waals surface area contributed by atoms with Gasteiger partial charge in [-0.05, 0) is 24.6 Å². The molecule has 100 valence electrons. The number of rotatable bonds is 3. The molecule has 0 saturated carbocycles. The molecule has 4 nitrogen and oxygen atoms in total. The predicted molar refractivity (Wildman–Crippen MR) is 58.2 cm³/mol. The van der Waals surface area contributed by atoms with Crippen molar-refractivity contribution in [1.29, 1.82) is 0 Å². The maximum absolute atomic E-state index is 12.6. The van der Waals surface area contributed by atoms with Gasteiger partial charge in [0.15, 0.2) is 0 Å². The SMILES string of the molecule is Cc1ccc(NC(=O)OCCO)cc1C(F)(F)F. The van der Waals surface area contributed by atoms with E-state index in [9.17, 15) is 18.0 Å². The summed E-state index contributed by atoms with van der Waals surface area (Å²) in [5.74, 6) is 0. The van der Waals surface area contributed by atoms with Crippen LogP contribution in [-0.4, -0.2) is 24.4 Å². The quantitative estimate of drug-likeness (QED) is 0.881. The van der Waals surface area contributed by atoms with E-state index in [-0.39, 0.29) is 24.5 Å². The Morgan fingerprint density at radius 1 is 1.44 bits per heavy atom. The standard InChI is InChI=1S/C11H12F3NO3/c1-7-2-3-8(6-9(7)11(12,13)14)15-10(17)18-5-4-16/h2-3,6,16H,4-5H2,1H3,(H,15,17). The molecular formula is C11H12F3NO3. The van der Waals surface area contributed by atoms with Crippen LogP contribution in [0.15, 0.2) is 18.2 Å². The number of carbonyl (C=O) groups excluding carboxylic acids is 1. The normalized spacial score (nSPS) is 11.2. The molecule has 1 amide bonds. The van der Waals surface area contributed by atoms with Crippen LogP contribution in [0, 0.1) is 6.92 Å². The lowest BCUT2D eigenvalue weighted by molar-refractivity contribution is -0.138. The highest BCUT2D eigenvalue weighted by Gasteiger charge is 2.32. The van der Waals surface area contributed by atoms with E-state index in [0.29, 0.717) is 0 Å². The summed E-state index contributed by atoms with van der Waals surface area (Å²) in [7, 11) is 0. The molecule has 0 fully saturated rings. The number of aryl methyl sites for hydroxylation is 1. The Morgan fingerprint density at radius 2 is 2.11 bits per heavy atom. The fourth-order valence-corrected chi connectivity index (χ4v) is 1.30. The van der Waals surface area contributed by atoms with Crippen molar-refractivity contribution in [3.8, 4) is 0 Å². The third-order valence-electron chi connectivity index (χ3n) is 2.11. The number of nitrogens with one attached hydrogen (secondary N) is 1. The van der Waals surface area contributed by atoms with E-state index in [0.717, 1.165) is 6.07 Å². The van der Waals surface area contributed by atoms with E-state index >= 15 is 0 Å². The van der Waals surface area contributed by atoms with Crippen molar-refractivity contribution < 1.29 is 27.8 Å². The Balaban J connectivity index is 2.83. The van der Waals surface area contributed by atoms with Crippen LogP contribution in [0.2, 0.25) is 0 Å². The van der Waals surface area contributed by atoms with Gasteiger partial charge in [0.05, 0.1) is 12.2 Å². The average molecular weight is 263 g/mol. The number of alkyl halides is 3. The van der Waals surface area contributed by atoms with Gasteiger partial charge in [0.2, 0.25) is 0 Å². The van der Waals surface area contributed by atoms with Gasteiger partial charge in [-0.1, -0.05) is 6.07 Å². The van der Waals surface area contributed by atoms with Crippen molar-refractivity contribution >= 4 is 11.8 Å². The predicted octanol–water partition coefficient (Wildman–Crippen LogP) is 2.55. The molecule has 0 heterocycles. The van der Waals surface area contributed by atoms with Gasteiger partial charge >= 0.3 is 12.3 Å². The fourth-order valence-electron chi connectivity index (χ4n) is 1.30. The number of hydrogen-bond donors (Lipinski definition) is 2. The molecule has 0 spiro atoms. The van der Waals surface area contributed by atoms with Crippen molar-refractivity contribution in [3.63, 3.8) is 0 Å². The van der Waals surface area contributed by atoms with Gasteiger partial charge in [0, 0.05) is 5.69 Å². The number of benzene rings is 1. The maximum Gasteiger partial charge on any atom is 0.416 e. The highest BCUT2D eigenvalue weighted by atomic mass is 19.4. The summed E-state index contributed by atoms with van der Waals surface area (Å²) in [5, 5.41) is 10.6. The Labute approximate surface area is 101 Å². The summed E-state index contributed by atoms with van der Waals surface area (Å²) < 4.78 is 42.2. The molecule has 0 atom stereocenters. The van der Waals surface area contributed by atoms with Gasteiger partial charge in [-0.2, -0.15) is 13.2 Å². The Kier molecular flexibility index (Phi) is 4.55. The monoisotopic (exact) mass is 263 g/mol. The number of hydrogen-bond acceptors (Lipinski definition) is 3. The van der Waals surface area contributed by atoms with Crippen LogP contribution in [0.5, 0.6) is 0 Å². The summed E-state index contributed by atoms with van der Waals surface area (Å²) in [4.78, 5) is 11.1. The molecule has 0 saturated heterocycles. The Hall–Kier alpha value is -1.76. The third kappa shape index (κ3) is 3.92. The topological polar surface area (TPSA) is 58.6 Å². The lowest BCUT2D eigenvalue weighted by atomic mass is 10.1. The largest absolute Gasteiger partial charge is 0.447 e. The minimum absolute atomic E-state index is 0.0177. The van der Waals surface area contributed by atoms with Gasteiger partial charge in [-0.15, -0.1) is 0 Å². The fraction of sp³-hybridized carbons (Fsp3) is 0.364. The molecule has 0 aliphatic carbocycles. The first-order valence-electron chi connectivity index (χ1n) is 5.07. The van der Waals surface area contributed by atoms with Crippen molar-refractivity contribution in [2.24, 2.45) is 0 Å². The number of aliphatic hydroxyl groups is 1. The highest BCUT2D eigenvalue weighted by Crippen LogP contribution is 2.33. The highest BCUT2D eigenvalue weighted by molar-refractivity contribution is 5.84. The van der Waals surface area contributed by atoms with Crippen molar-refractivity contribution in [2.45, 2.75) is 13.1 Å². The number of amides is 1. The number of anilines is 1. The van der Waals surface area contributed by atoms with Crippen LogP contribution in [0.25, 0.3) is 0 Å². The zero-order valence-corrected chi connectivity index (χ0v) is 9.54. The molecule has 2 N–H and O–H groups in total. The zero-order chi connectivity index (χ0) is 13.8. The van der Waals surface area contributed by atoms with Crippen LogP contribution < -0.4 is 5.32 Å². The zero-order valence-electron chi connectivity index (χ0n) is 9.54. The smallest absolute Gasteiger partial charge is 0.416 e. The van der Waals surface area contributed by atoms with E-state index in [1.807, 2.05) is 0 Å². The summed E-state index contributed by atoms with van der Waals surface area (Å²) in [6, 6.07) is 3.42. The van der Waals surface area contributed by atoms with Crippen LogP contribution in [-0.2, 0) is 10.9 Å². The molecule has 0 bridgehead atoms. The Bertz CT molecular complexity index is 432. The van der Waals surface area contributed by atoms with E-state index in [4.69, 9.17) is 5.11 Å². The molecule has 1 aromatic rings. The summed E-state index contributed by atoms with van der Waals surface area (Å²) in [5.41, 5.74) is -0.768. The second-order valence-corrected chi connectivity index (χ2v) is 3.51. The van der Waals surface area contributed by atoms with E-state index < -0.39 is 17.8 Å². The van der Waals surface area contributed by atoms with Crippen LogP contribution >= 0.6 is 0 Å². The molecule has 1 aromatic carbocycles. The number of aliphatic hydroxyl groups excluding tert-OH is 1. The number of halogens is 3. The molecule has 7 heteroatoms. The van der Waals surface area contributed by atoms with E-state index in [1.54, 1.807) is 0 Å². The number of carbonyl (C=O) groups is 1. The molecule has 18 heavy (non-hydrogen) atoms. The summed E-state index contributed by atoms with van der Waals surface area (Å²) >= 11 is 0. The van der Waals surface area contributed by atoms with Gasteiger partial charge < -0.3 is 9.84 Å². The van der Waals surface area contributed by atoms with Crippen LogP contribution in [0.1, 0.15) is 11.1 Å². The van der Waals surface area contributed by atoms with E-state index in [2.05, 4.69) is 10.1 Å². The minimum Gasteiger partial charge on any atom is -0.447 e. The first-order chi connectivity index (χ1) is 8.34. The summed E-state index contributed by atoms with van der Waals surface area (Å²) in [6.45, 7) is 0.760.